The van der Waals surface area contributed by atoms with Crippen LogP contribution in [0, 0.1) is 22.7 Å². The van der Waals surface area contributed by atoms with Gasteiger partial charge in [-0.2, -0.15) is 0 Å². The van der Waals surface area contributed by atoms with E-state index < -0.39 is 222 Å². The smallest absolute Gasteiger partial charge is 0.305 e. The highest BCUT2D eigenvalue weighted by Gasteiger charge is 2.43. The van der Waals surface area contributed by atoms with Crippen LogP contribution in [0.4, 0.5) is 0 Å². The molecule has 42 nitrogen and oxygen atoms in total. The van der Waals surface area contributed by atoms with Gasteiger partial charge in [-0.05, 0) is 87.8 Å². The van der Waals surface area contributed by atoms with E-state index in [0.29, 0.717) is 27.7 Å². The van der Waals surface area contributed by atoms with E-state index in [0.717, 1.165) is 26.5 Å². The molecule has 2 fully saturated rings. The lowest BCUT2D eigenvalue weighted by molar-refractivity contribution is -0.145. The minimum Gasteiger partial charge on any atom is -0.481 e. The maximum absolute atomic E-state index is 15.3. The third kappa shape index (κ3) is 29.6. The van der Waals surface area contributed by atoms with Crippen molar-refractivity contribution in [1.29, 1.82) is 10.8 Å². The van der Waals surface area contributed by atoms with Gasteiger partial charge in [-0.3, -0.25) is 87.5 Å². The van der Waals surface area contributed by atoms with Crippen LogP contribution in [-0.2, 0) is 96.0 Å². The molecule has 13 unspecified atom stereocenters. The molecule has 15 amide bonds. The number of hydrogen-bond donors (Lipinski definition) is 22. The van der Waals surface area contributed by atoms with Crippen molar-refractivity contribution in [3.8, 4) is 0 Å². The molecule has 119 heavy (non-hydrogen) atoms. The number of carbonyl (C=O) groups excluding carboxylic acids is 15. The van der Waals surface area contributed by atoms with Crippen molar-refractivity contribution >= 4 is 129 Å². The van der Waals surface area contributed by atoms with Gasteiger partial charge >= 0.3 is 5.97 Å². The van der Waals surface area contributed by atoms with E-state index in [9.17, 15) is 72.5 Å². The minimum absolute atomic E-state index is 0.000104. The van der Waals surface area contributed by atoms with Crippen LogP contribution in [0.25, 0.3) is 10.9 Å². The molecule has 2 aromatic heterocycles. The van der Waals surface area contributed by atoms with Crippen LogP contribution < -0.4 is 86.3 Å². The number of carboxylic acids is 1. The number of amides is 15. The number of rotatable bonds is 23. The van der Waals surface area contributed by atoms with E-state index in [1.165, 1.54) is 40.5 Å². The number of hydrogen-bond acceptors (Lipinski definition) is 21. The van der Waals surface area contributed by atoms with Crippen molar-refractivity contribution in [2.75, 3.05) is 58.4 Å². The monoisotopic (exact) mass is 1680 g/mol. The number of aromatic amines is 2. The van der Waals surface area contributed by atoms with Crippen molar-refractivity contribution in [3.05, 3.63) is 90.1 Å². The second-order valence-electron chi connectivity index (χ2n) is 29.9. The van der Waals surface area contributed by atoms with Gasteiger partial charge in [-0.1, -0.05) is 76.2 Å². The number of carbonyl (C=O) groups is 16. The van der Waals surface area contributed by atoms with Gasteiger partial charge in [0.1, 0.15) is 78.5 Å². The number of nitrogens with two attached hydrogens (primary N) is 3. The Morgan fingerprint density at radius 3 is 1.73 bits per heavy atom. The second-order valence-corrected chi connectivity index (χ2v) is 30.9. The van der Waals surface area contributed by atoms with Gasteiger partial charge in [-0.25, -0.2) is 4.98 Å². The molecule has 0 spiro atoms. The number of thioether (sulfide) groups is 1. The highest BCUT2D eigenvalue weighted by molar-refractivity contribution is 8.00. The van der Waals surface area contributed by atoms with Crippen molar-refractivity contribution < 1.29 is 86.9 Å². The maximum atomic E-state index is 15.3. The van der Waals surface area contributed by atoms with Gasteiger partial charge in [0.25, 0.3) is 0 Å². The minimum atomic E-state index is -1.99. The Labute approximate surface area is 690 Å². The summed E-state index contributed by atoms with van der Waals surface area (Å²) >= 11 is 0.748. The highest BCUT2D eigenvalue weighted by atomic mass is 32.2. The zero-order valence-electron chi connectivity index (χ0n) is 67.7. The number of likely N-dealkylation sites (N-methyl/N-ethyl adjacent to an activating group) is 2. The molecule has 25 N–H and O–H groups in total. The first-order valence-electron chi connectivity index (χ1n) is 38.9. The number of benzene rings is 2. The Bertz CT molecular complexity index is 4260. The number of nitrogens with zero attached hydrogens (tertiary/aromatic N) is 4. The van der Waals surface area contributed by atoms with E-state index in [-0.39, 0.29) is 89.8 Å². The third-order valence-corrected chi connectivity index (χ3v) is 21.0. The van der Waals surface area contributed by atoms with Gasteiger partial charge < -0.3 is 121 Å². The predicted octanol–water partition coefficient (Wildman–Crippen LogP) is -5.50. The Kier molecular flexibility index (Phi) is 37.3. The first-order chi connectivity index (χ1) is 56.4. The molecule has 0 radical (unpaired) electrons. The van der Waals surface area contributed by atoms with Gasteiger partial charge in [0.05, 0.1) is 31.7 Å². The summed E-state index contributed by atoms with van der Waals surface area (Å²) in [7, 11) is 2.52. The lowest BCUT2D eigenvalue weighted by Gasteiger charge is -2.33. The Morgan fingerprint density at radius 2 is 1.13 bits per heavy atom. The van der Waals surface area contributed by atoms with E-state index in [4.69, 9.17) is 28.0 Å². The lowest BCUT2D eigenvalue weighted by Crippen LogP contribution is -2.61. The van der Waals surface area contributed by atoms with E-state index in [2.05, 4.69) is 84.1 Å². The number of para-hydroxylation sites is 1. The quantitative estimate of drug-likeness (QED) is 0.0187. The molecule has 13 atom stereocenters. The molecule has 0 bridgehead atoms. The fourth-order valence-corrected chi connectivity index (χ4v) is 14.0. The summed E-state index contributed by atoms with van der Waals surface area (Å²) in [6.07, 6.45) is 2.05. The molecule has 4 aromatic rings. The number of aliphatic hydroxyl groups excluding tert-OH is 1. The maximum Gasteiger partial charge on any atom is 0.305 e. The average Bonchev–Trinajstić information content (AvgIpc) is 1.72. The van der Waals surface area contributed by atoms with E-state index >= 15 is 14.4 Å². The zero-order chi connectivity index (χ0) is 87.9. The number of aromatic nitrogens is 3. The van der Waals surface area contributed by atoms with Crippen LogP contribution in [0.15, 0.2) is 73.3 Å². The van der Waals surface area contributed by atoms with Crippen LogP contribution in [-0.4, -0.2) is 283 Å². The average molecular weight is 1680 g/mol. The first-order valence-corrected chi connectivity index (χ1v) is 40.1. The molecule has 650 valence electrons. The lowest BCUT2D eigenvalue weighted by atomic mass is 10.00. The summed E-state index contributed by atoms with van der Waals surface area (Å²) in [4.78, 5) is 242. The van der Waals surface area contributed by atoms with Crippen LogP contribution >= 0.6 is 11.8 Å². The molecule has 2 aromatic carbocycles. The largest absolute Gasteiger partial charge is 0.481 e. The van der Waals surface area contributed by atoms with Crippen LogP contribution in [0.5, 0.6) is 0 Å². The molecular weight excluding hydrogens is 1570 g/mol. The van der Waals surface area contributed by atoms with Gasteiger partial charge in [-0.15, -0.1) is 11.8 Å². The third-order valence-electron chi connectivity index (χ3n) is 19.9. The number of carboxylic acid groups (broad SMARTS) is 1. The van der Waals surface area contributed by atoms with Crippen molar-refractivity contribution in [1.82, 2.24) is 98.8 Å². The van der Waals surface area contributed by atoms with Crippen LogP contribution in [0.1, 0.15) is 110 Å². The van der Waals surface area contributed by atoms with Gasteiger partial charge in [0, 0.05) is 87.7 Å². The summed E-state index contributed by atoms with van der Waals surface area (Å²) < 4.78 is 0. The van der Waals surface area contributed by atoms with Crippen molar-refractivity contribution in [3.63, 3.8) is 0 Å². The molecule has 6 rings (SSSR count). The molecule has 2 aliphatic heterocycles. The fraction of sp³-hybridized carbons (Fsp3) is 0.539. The van der Waals surface area contributed by atoms with Gasteiger partial charge in [0.2, 0.25) is 88.6 Å². The second kappa shape index (κ2) is 46.5. The molecule has 0 saturated carbocycles. The number of H-pyrrole nitrogens is 2. The number of imidazole rings is 1. The Morgan fingerprint density at radius 1 is 0.588 bits per heavy atom. The number of aliphatic hydroxyl groups is 1. The summed E-state index contributed by atoms with van der Waals surface area (Å²) in [6, 6.07) is -4.89. The van der Waals surface area contributed by atoms with Crippen molar-refractivity contribution in [2.45, 2.75) is 191 Å². The number of nitrogens with one attached hydrogen (secondary N) is 17. The number of fused-ring (bicyclic) bond motifs is 2. The van der Waals surface area contributed by atoms with Crippen molar-refractivity contribution in [2.24, 2.45) is 29.0 Å². The molecular formula is C76H112N24O18S. The molecule has 0 aliphatic carbocycles. The topological polar surface area (TPSA) is 650 Å². The standard InChI is InChI=1S/C76H112N24O18S/c1-39(2)27-50-66(110)92-52(30-45-33-82-38-87-45)67(111)94-54(29-44-32-85-47-20-13-12-19-46(44)47)72(116)98(7)41(5)62(106)90-49(22-15-25-84-76(80)81)73(117)100-26-16-23-57(100)71(115)93-53(31-60(104)105)68(112)89-48(21-14-24-83-75(78)79)65(109)96-56(64(108)86-34-58(77)102)36-119-37-59(103)88-51(28-43-17-10-9-11-18-43)69(113)97-61(40(3)4)74(118)99(8)42(6)63(107)95-55(35-101)70(114)91-50/h9-13,17-20,32-33,38-42,48-57,61,85,101H,14-16,21-31,34-37H2,1-8H3,(H2,77,102)(H,82,87)(H,86,108)(H,88,103)(H,89,112)(H,90,106)(H,91,114)(H,92,110)(H,93,115)(H,94,111)(H,95,107)(H,96,109)(H,97,113)(H,104,105)(H4,78,79,83)(H4,80,81,84). The highest BCUT2D eigenvalue weighted by Crippen LogP contribution is 2.24. The molecule has 2 aliphatic rings. The molecule has 4 heterocycles. The summed E-state index contributed by atoms with van der Waals surface area (Å²) in [5.74, 6) is -19.0. The Hall–Kier alpha value is -12.4. The molecule has 2 saturated heterocycles. The number of aliphatic carboxylic acids is 1. The normalized spacial score (nSPS) is 24.3. The molecule has 43 heteroatoms. The first kappa shape index (κ1) is 95.4. The predicted molar refractivity (Wildman–Crippen MR) is 434 cm³/mol. The number of guanidine groups is 2. The Balaban J connectivity index is 1.42. The van der Waals surface area contributed by atoms with E-state index in [1.54, 1.807) is 88.5 Å². The zero-order valence-corrected chi connectivity index (χ0v) is 68.5. The fourth-order valence-electron chi connectivity index (χ4n) is 13.1. The summed E-state index contributed by atoms with van der Waals surface area (Å²) in [6.45, 7) is 7.33. The SMILES string of the molecule is CC(C)CC1NC(=O)C(CO)NC(=O)C(C)N(C)C(=O)C(C(C)C)NC(=O)C(Cc2ccccc2)NC(=O)CSCC(C(=O)NCC(N)=O)NC(=O)C(CCCNC(=N)N)NC(=O)C(CC(=O)O)NC(=O)C2CCCN2C(=O)C(CCCNC(=N)N)NC(=O)C(C)N(C)C(=O)C(Cc2c[nH]c3ccccc23)NC(=O)C(Cc2cnc[nH]2)NC1=O. The van der Waals surface area contributed by atoms with E-state index in [1.807, 2.05) is 0 Å². The summed E-state index contributed by atoms with van der Waals surface area (Å²) in [5, 5.41) is 70.3. The summed E-state index contributed by atoms with van der Waals surface area (Å²) in [5.41, 5.74) is 18.5. The van der Waals surface area contributed by atoms with Gasteiger partial charge in [0.15, 0.2) is 11.9 Å². The van der Waals surface area contributed by atoms with Crippen LogP contribution in [0.2, 0.25) is 0 Å². The van der Waals surface area contributed by atoms with Crippen LogP contribution in [0.3, 0.4) is 0 Å². The number of primary amides is 1.